The summed E-state index contributed by atoms with van der Waals surface area (Å²) < 4.78 is 0.858. The van der Waals surface area contributed by atoms with Crippen molar-refractivity contribution in [3.63, 3.8) is 0 Å². The summed E-state index contributed by atoms with van der Waals surface area (Å²) in [5.74, 6) is 0.805. The molecule has 0 bridgehead atoms. The first-order valence-corrected chi connectivity index (χ1v) is 6.50. The number of pyridine rings is 1. The van der Waals surface area contributed by atoms with Gasteiger partial charge in [0.2, 0.25) is 0 Å². The Labute approximate surface area is 114 Å². The van der Waals surface area contributed by atoms with Crippen LogP contribution in [0.15, 0.2) is 29.0 Å². The average Bonchev–Trinajstić information content (AvgIpc) is 2.38. The van der Waals surface area contributed by atoms with E-state index in [2.05, 4.69) is 30.9 Å². The molecule has 0 fully saturated rings. The fourth-order valence-corrected chi connectivity index (χ4v) is 2.14. The van der Waals surface area contributed by atoms with Crippen molar-refractivity contribution in [2.24, 2.45) is 0 Å². The van der Waals surface area contributed by atoms with Crippen LogP contribution in [0, 0.1) is 0 Å². The van der Waals surface area contributed by atoms with E-state index < -0.39 is 0 Å². The summed E-state index contributed by atoms with van der Waals surface area (Å²) in [7, 11) is 0. The highest BCUT2D eigenvalue weighted by Crippen LogP contribution is 2.25. The molecule has 0 unspecified atom stereocenters. The first-order chi connectivity index (χ1) is 8.63. The highest BCUT2D eigenvalue weighted by atomic mass is 79.9. The summed E-state index contributed by atoms with van der Waals surface area (Å²) in [6.45, 7) is 4.04. The standard InChI is InChI=1S/C13H14BrN3O/c1-8(2)11-9(7-18)6-16-13(17-11)12-10(14)4-3-5-15-12/h3-6,8,18H,7H2,1-2H3. The average molecular weight is 308 g/mol. The normalized spacial score (nSPS) is 10.9. The maximum Gasteiger partial charge on any atom is 0.179 e. The molecule has 2 aromatic rings. The van der Waals surface area contributed by atoms with E-state index >= 15 is 0 Å². The third kappa shape index (κ3) is 2.57. The van der Waals surface area contributed by atoms with Crippen molar-refractivity contribution < 1.29 is 5.11 Å². The van der Waals surface area contributed by atoms with Gasteiger partial charge in [-0.15, -0.1) is 0 Å². The lowest BCUT2D eigenvalue weighted by atomic mass is 10.1. The summed E-state index contributed by atoms with van der Waals surface area (Å²) >= 11 is 3.44. The molecule has 18 heavy (non-hydrogen) atoms. The summed E-state index contributed by atoms with van der Waals surface area (Å²) in [6, 6.07) is 3.75. The molecule has 0 aliphatic heterocycles. The van der Waals surface area contributed by atoms with Gasteiger partial charge in [0.05, 0.1) is 12.3 Å². The van der Waals surface area contributed by atoms with Crippen molar-refractivity contribution in [2.45, 2.75) is 26.4 Å². The van der Waals surface area contributed by atoms with Gasteiger partial charge in [0, 0.05) is 22.4 Å². The van der Waals surface area contributed by atoms with Gasteiger partial charge in [0.1, 0.15) is 5.69 Å². The molecule has 1 N–H and O–H groups in total. The van der Waals surface area contributed by atoms with Crippen LogP contribution >= 0.6 is 15.9 Å². The Morgan fingerprint density at radius 2 is 2.11 bits per heavy atom. The number of rotatable bonds is 3. The monoisotopic (exact) mass is 307 g/mol. The van der Waals surface area contributed by atoms with E-state index in [0.29, 0.717) is 11.5 Å². The lowest BCUT2D eigenvalue weighted by Gasteiger charge is -2.11. The van der Waals surface area contributed by atoms with Crippen LogP contribution in [0.3, 0.4) is 0 Å². The Morgan fingerprint density at radius 1 is 1.33 bits per heavy atom. The van der Waals surface area contributed by atoms with Crippen molar-refractivity contribution in [3.05, 3.63) is 40.3 Å². The molecule has 0 spiro atoms. The Morgan fingerprint density at radius 3 is 2.72 bits per heavy atom. The Balaban J connectivity index is 2.54. The van der Waals surface area contributed by atoms with E-state index in [1.165, 1.54) is 0 Å². The van der Waals surface area contributed by atoms with Gasteiger partial charge in [0.25, 0.3) is 0 Å². The summed E-state index contributed by atoms with van der Waals surface area (Å²) in [5.41, 5.74) is 2.34. The van der Waals surface area contributed by atoms with Gasteiger partial charge in [-0.05, 0) is 34.0 Å². The topological polar surface area (TPSA) is 58.9 Å². The van der Waals surface area contributed by atoms with E-state index in [1.807, 2.05) is 26.0 Å². The zero-order chi connectivity index (χ0) is 13.1. The zero-order valence-corrected chi connectivity index (χ0v) is 11.8. The van der Waals surface area contributed by atoms with Gasteiger partial charge in [-0.3, -0.25) is 4.98 Å². The van der Waals surface area contributed by atoms with Crippen LogP contribution in [0.5, 0.6) is 0 Å². The largest absolute Gasteiger partial charge is 0.392 e. The minimum atomic E-state index is -0.0445. The quantitative estimate of drug-likeness (QED) is 0.947. The molecule has 0 aromatic carbocycles. The van der Waals surface area contributed by atoms with E-state index in [1.54, 1.807) is 12.4 Å². The van der Waals surface area contributed by atoms with Crippen molar-refractivity contribution in [1.29, 1.82) is 0 Å². The molecule has 94 valence electrons. The fraction of sp³-hybridized carbons (Fsp3) is 0.308. The summed E-state index contributed by atoms with van der Waals surface area (Å²) in [5, 5.41) is 9.28. The van der Waals surface area contributed by atoms with Crippen LogP contribution in [0.4, 0.5) is 0 Å². The Hall–Kier alpha value is -1.33. The second kappa shape index (κ2) is 5.54. The molecule has 0 saturated carbocycles. The molecular formula is C13H14BrN3O. The molecule has 4 nitrogen and oxygen atoms in total. The first kappa shape index (κ1) is 13.1. The SMILES string of the molecule is CC(C)c1nc(-c2ncccc2Br)ncc1CO. The van der Waals surface area contributed by atoms with Gasteiger partial charge >= 0.3 is 0 Å². The number of nitrogens with zero attached hydrogens (tertiary/aromatic N) is 3. The number of aliphatic hydroxyl groups excluding tert-OH is 1. The van der Waals surface area contributed by atoms with Crippen molar-refractivity contribution >= 4 is 15.9 Å². The molecule has 2 rings (SSSR count). The molecule has 5 heteroatoms. The molecule has 0 amide bonds. The number of aliphatic hydroxyl groups is 1. The van der Waals surface area contributed by atoms with Crippen LogP contribution in [0.1, 0.15) is 31.0 Å². The molecule has 0 saturated heterocycles. The van der Waals surface area contributed by atoms with Crippen LogP contribution in [0.2, 0.25) is 0 Å². The smallest absolute Gasteiger partial charge is 0.179 e. The van der Waals surface area contributed by atoms with E-state index in [0.717, 1.165) is 15.7 Å². The van der Waals surface area contributed by atoms with E-state index in [9.17, 15) is 5.11 Å². The third-order valence-electron chi connectivity index (χ3n) is 2.59. The van der Waals surface area contributed by atoms with Crippen molar-refractivity contribution in [2.75, 3.05) is 0 Å². The molecular weight excluding hydrogens is 294 g/mol. The second-order valence-corrected chi connectivity index (χ2v) is 5.11. The van der Waals surface area contributed by atoms with E-state index in [-0.39, 0.29) is 12.5 Å². The number of hydrogen-bond donors (Lipinski definition) is 1. The minimum Gasteiger partial charge on any atom is -0.392 e. The number of halogens is 1. The van der Waals surface area contributed by atoms with Gasteiger partial charge in [-0.1, -0.05) is 13.8 Å². The molecule has 2 aromatic heterocycles. The van der Waals surface area contributed by atoms with Crippen LogP contribution in [-0.2, 0) is 6.61 Å². The van der Waals surface area contributed by atoms with E-state index in [4.69, 9.17) is 0 Å². The van der Waals surface area contributed by atoms with Crippen LogP contribution in [-0.4, -0.2) is 20.1 Å². The predicted octanol–water partition coefficient (Wildman–Crippen LogP) is 2.92. The molecule has 0 aliphatic rings. The first-order valence-electron chi connectivity index (χ1n) is 5.71. The van der Waals surface area contributed by atoms with Crippen LogP contribution < -0.4 is 0 Å². The maximum absolute atomic E-state index is 9.28. The molecule has 2 heterocycles. The maximum atomic E-state index is 9.28. The lowest BCUT2D eigenvalue weighted by Crippen LogP contribution is -2.04. The fourth-order valence-electron chi connectivity index (χ4n) is 1.71. The summed E-state index contributed by atoms with van der Waals surface area (Å²) in [6.07, 6.45) is 3.37. The third-order valence-corrected chi connectivity index (χ3v) is 3.23. The van der Waals surface area contributed by atoms with Crippen molar-refractivity contribution in [1.82, 2.24) is 15.0 Å². The highest BCUT2D eigenvalue weighted by Gasteiger charge is 2.13. The molecule has 0 radical (unpaired) electrons. The van der Waals surface area contributed by atoms with Crippen molar-refractivity contribution in [3.8, 4) is 11.5 Å². The molecule has 0 atom stereocenters. The highest BCUT2D eigenvalue weighted by molar-refractivity contribution is 9.10. The van der Waals surface area contributed by atoms with Crippen LogP contribution in [0.25, 0.3) is 11.5 Å². The van der Waals surface area contributed by atoms with Gasteiger partial charge in [0.15, 0.2) is 5.82 Å². The molecule has 0 aliphatic carbocycles. The number of hydrogen-bond acceptors (Lipinski definition) is 4. The second-order valence-electron chi connectivity index (χ2n) is 4.25. The minimum absolute atomic E-state index is 0.0445. The lowest BCUT2D eigenvalue weighted by molar-refractivity contribution is 0.279. The predicted molar refractivity (Wildman–Crippen MR) is 73.0 cm³/mol. The Kier molecular flexibility index (Phi) is 4.04. The zero-order valence-electron chi connectivity index (χ0n) is 10.3. The summed E-state index contributed by atoms with van der Waals surface area (Å²) in [4.78, 5) is 13.0. The van der Waals surface area contributed by atoms with Gasteiger partial charge in [-0.2, -0.15) is 0 Å². The Bertz CT molecular complexity index is 558. The van der Waals surface area contributed by atoms with Gasteiger partial charge in [-0.25, -0.2) is 9.97 Å². The number of aromatic nitrogens is 3. The van der Waals surface area contributed by atoms with Gasteiger partial charge < -0.3 is 5.11 Å².